The summed E-state index contributed by atoms with van der Waals surface area (Å²) in [5.41, 5.74) is 1.11. The second-order valence-electron chi connectivity index (χ2n) is 6.43. The summed E-state index contributed by atoms with van der Waals surface area (Å²) in [4.78, 5) is 8.29. The van der Waals surface area contributed by atoms with Gasteiger partial charge in [-0.1, -0.05) is 0 Å². The molecule has 1 aliphatic rings. The summed E-state index contributed by atoms with van der Waals surface area (Å²) in [7, 11) is 0. The first-order valence-corrected chi connectivity index (χ1v) is 8.62. The molecule has 2 heterocycles. The Morgan fingerprint density at radius 1 is 1.20 bits per heavy atom. The number of hydrogen-bond donors (Lipinski definition) is 3. The van der Waals surface area contributed by atoms with Crippen LogP contribution in [0.4, 0.5) is 21.6 Å². The first-order valence-electron chi connectivity index (χ1n) is 8.62. The third-order valence-electron chi connectivity index (χ3n) is 3.90. The highest BCUT2D eigenvalue weighted by Gasteiger charge is 2.15. The molecule has 1 aromatic carbocycles. The van der Waals surface area contributed by atoms with Crippen LogP contribution >= 0.6 is 0 Å². The fraction of sp³-hybridized carbons (Fsp3) is 0.444. The fourth-order valence-electron chi connectivity index (χ4n) is 2.73. The molecule has 0 radical (unpaired) electrons. The number of benzene rings is 1. The Kier molecular flexibility index (Phi) is 5.65. The van der Waals surface area contributed by atoms with Crippen LogP contribution in [-0.4, -0.2) is 35.2 Å². The number of halogens is 1. The molecule has 0 atom stereocenters. The summed E-state index contributed by atoms with van der Waals surface area (Å²) in [6, 6.07) is 6.93. The summed E-state index contributed by atoms with van der Waals surface area (Å²) in [6.07, 6.45) is 3.48. The Labute approximate surface area is 147 Å². The van der Waals surface area contributed by atoms with Crippen molar-refractivity contribution in [2.45, 2.75) is 38.8 Å². The van der Waals surface area contributed by atoms with Gasteiger partial charge in [0.2, 0.25) is 5.88 Å². The van der Waals surface area contributed by atoms with Crippen LogP contribution < -0.4 is 20.7 Å². The molecule has 6 nitrogen and oxygen atoms in total. The molecule has 0 unspecified atom stereocenters. The van der Waals surface area contributed by atoms with Gasteiger partial charge in [0.1, 0.15) is 24.1 Å². The van der Waals surface area contributed by atoms with E-state index in [2.05, 4.69) is 25.9 Å². The van der Waals surface area contributed by atoms with E-state index in [9.17, 15) is 4.39 Å². The van der Waals surface area contributed by atoms with Crippen molar-refractivity contribution in [2.75, 3.05) is 23.7 Å². The summed E-state index contributed by atoms with van der Waals surface area (Å²) >= 11 is 0. The van der Waals surface area contributed by atoms with Gasteiger partial charge in [0.15, 0.2) is 0 Å². The molecule has 1 aromatic heterocycles. The Balaban J connectivity index is 1.67. The topological polar surface area (TPSA) is 71.1 Å². The Morgan fingerprint density at radius 2 is 2.00 bits per heavy atom. The van der Waals surface area contributed by atoms with Crippen molar-refractivity contribution in [3.8, 4) is 5.88 Å². The van der Waals surface area contributed by atoms with Crippen LogP contribution in [0.1, 0.15) is 26.7 Å². The van der Waals surface area contributed by atoms with E-state index in [4.69, 9.17) is 4.74 Å². The predicted octanol–water partition coefficient (Wildman–Crippen LogP) is 3.31. The smallest absolute Gasteiger partial charge is 0.218 e. The number of ether oxygens (including phenoxy) is 1. The Bertz CT molecular complexity index is 704. The zero-order valence-corrected chi connectivity index (χ0v) is 14.6. The lowest BCUT2D eigenvalue weighted by atomic mass is 10.1. The largest absolute Gasteiger partial charge is 0.474 e. The molecule has 0 amide bonds. The Morgan fingerprint density at radius 3 is 2.72 bits per heavy atom. The summed E-state index contributed by atoms with van der Waals surface area (Å²) in [5, 5.41) is 9.45. The molecule has 1 fully saturated rings. The summed E-state index contributed by atoms with van der Waals surface area (Å²) in [5.74, 6) is 0.662. The van der Waals surface area contributed by atoms with Gasteiger partial charge in [-0.25, -0.2) is 14.4 Å². The van der Waals surface area contributed by atoms with E-state index in [0.29, 0.717) is 17.4 Å². The highest BCUT2D eigenvalue weighted by Crippen LogP contribution is 2.24. The normalized spacial score (nSPS) is 15.2. The number of piperidine rings is 1. The van der Waals surface area contributed by atoms with Crippen LogP contribution in [0.2, 0.25) is 0 Å². The van der Waals surface area contributed by atoms with Crippen LogP contribution in [0.15, 0.2) is 30.6 Å². The van der Waals surface area contributed by atoms with E-state index in [1.54, 1.807) is 12.1 Å². The molecule has 0 bridgehead atoms. The average Bonchev–Trinajstić information content (AvgIpc) is 2.58. The number of nitrogens with one attached hydrogen (secondary N) is 3. The maximum Gasteiger partial charge on any atom is 0.218 e. The number of aromatic nitrogens is 2. The quantitative estimate of drug-likeness (QED) is 0.746. The van der Waals surface area contributed by atoms with E-state index >= 15 is 0 Å². The molecule has 7 heteroatoms. The van der Waals surface area contributed by atoms with Gasteiger partial charge in [-0.3, -0.25) is 0 Å². The third-order valence-corrected chi connectivity index (χ3v) is 3.90. The molecule has 2 aromatic rings. The van der Waals surface area contributed by atoms with Crippen molar-refractivity contribution < 1.29 is 9.13 Å². The molecule has 134 valence electrons. The highest BCUT2D eigenvalue weighted by molar-refractivity contribution is 5.61. The molecular formula is C18H24FN5O. The maximum atomic E-state index is 14.3. The number of hydrogen-bond acceptors (Lipinski definition) is 6. The second-order valence-corrected chi connectivity index (χ2v) is 6.43. The van der Waals surface area contributed by atoms with Gasteiger partial charge in [-0.15, -0.1) is 0 Å². The molecule has 0 spiro atoms. The van der Waals surface area contributed by atoms with E-state index in [0.717, 1.165) is 31.6 Å². The average molecular weight is 345 g/mol. The highest BCUT2D eigenvalue weighted by atomic mass is 19.1. The molecule has 0 aliphatic carbocycles. The number of nitrogens with zero attached hydrogens (tertiary/aromatic N) is 2. The second kappa shape index (κ2) is 8.11. The van der Waals surface area contributed by atoms with Gasteiger partial charge in [0, 0.05) is 17.8 Å². The van der Waals surface area contributed by atoms with Crippen LogP contribution in [0.3, 0.4) is 0 Å². The van der Waals surface area contributed by atoms with E-state index in [1.165, 1.54) is 12.4 Å². The molecule has 3 rings (SSSR count). The molecule has 1 saturated heterocycles. The number of anilines is 3. The van der Waals surface area contributed by atoms with Gasteiger partial charge in [-0.05, 0) is 58.0 Å². The van der Waals surface area contributed by atoms with Gasteiger partial charge >= 0.3 is 0 Å². The van der Waals surface area contributed by atoms with Crippen molar-refractivity contribution in [3.05, 3.63) is 36.4 Å². The van der Waals surface area contributed by atoms with E-state index < -0.39 is 0 Å². The number of rotatable bonds is 6. The monoisotopic (exact) mass is 345 g/mol. The molecule has 3 N–H and O–H groups in total. The zero-order chi connectivity index (χ0) is 17.6. The van der Waals surface area contributed by atoms with Crippen molar-refractivity contribution in [1.29, 1.82) is 0 Å². The van der Waals surface area contributed by atoms with Crippen LogP contribution in [-0.2, 0) is 0 Å². The summed E-state index contributed by atoms with van der Waals surface area (Å²) < 4.78 is 20.2. The minimum absolute atomic E-state index is 0.155. The van der Waals surface area contributed by atoms with Crippen molar-refractivity contribution in [3.63, 3.8) is 0 Å². The maximum absolute atomic E-state index is 14.3. The zero-order valence-electron chi connectivity index (χ0n) is 14.6. The van der Waals surface area contributed by atoms with Crippen molar-refractivity contribution in [1.82, 2.24) is 15.3 Å². The van der Waals surface area contributed by atoms with Gasteiger partial charge in [0.25, 0.3) is 0 Å². The van der Waals surface area contributed by atoms with E-state index in [-0.39, 0.29) is 18.0 Å². The third kappa shape index (κ3) is 5.03. The van der Waals surface area contributed by atoms with Gasteiger partial charge in [0.05, 0.1) is 5.69 Å². The SMILES string of the molecule is CC(C)Nc1ccc(Nc2cc(OC3CCNCC3)ncn2)c(F)c1. The lowest BCUT2D eigenvalue weighted by Crippen LogP contribution is -2.34. The minimum atomic E-state index is -0.343. The fourth-order valence-corrected chi connectivity index (χ4v) is 2.73. The van der Waals surface area contributed by atoms with Crippen LogP contribution in [0.25, 0.3) is 0 Å². The first-order chi connectivity index (χ1) is 12.1. The van der Waals surface area contributed by atoms with Crippen molar-refractivity contribution >= 4 is 17.2 Å². The molecular weight excluding hydrogens is 321 g/mol. The Hall–Kier alpha value is -2.41. The standard InChI is InChI=1S/C18H24FN5O/c1-12(2)23-13-3-4-16(15(19)9-13)24-17-10-18(22-11-21-17)25-14-5-7-20-8-6-14/h3-4,9-12,14,20,23H,5-8H2,1-2H3,(H,21,22,24). The van der Waals surface area contributed by atoms with Gasteiger partial charge in [-0.2, -0.15) is 0 Å². The van der Waals surface area contributed by atoms with E-state index in [1.807, 2.05) is 19.9 Å². The lowest BCUT2D eigenvalue weighted by molar-refractivity contribution is 0.156. The first kappa shape index (κ1) is 17.4. The van der Waals surface area contributed by atoms with Crippen LogP contribution in [0, 0.1) is 5.82 Å². The lowest BCUT2D eigenvalue weighted by Gasteiger charge is -2.23. The summed E-state index contributed by atoms with van der Waals surface area (Å²) in [6.45, 7) is 5.91. The minimum Gasteiger partial charge on any atom is -0.474 e. The van der Waals surface area contributed by atoms with Crippen LogP contribution in [0.5, 0.6) is 5.88 Å². The van der Waals surface area contributed by atoms with Crippen molar-refractivity contribution in [2.24, 2.45) is 0 Å². The molecule has 0 saturated carbocycles. The molecule has 25 heavy (non-hydrogen) atoms. The molecule has 1 aliphatic heterocycles. The predicted molar refractivity (Wildman–Crippen MR) is 97.0 cm³/mol. The van der Waals surface area contributed by atoms with Gasteiger partial charge < -0.3 is 20.7 Å².